The number of hydrogen-bond acceptors (Lipinski definition) is 4. The second-order valence-electron chi connectivity index (χ2n) is 4.56. The Labute approximate surface area is 96.8 Å². The summed E-state index contributed by atoms with van der Waals surface area (Å²) in [5.41, 5.74) is 0. The summed E-state index contributed by atoms with van der Waals surface area (Å²) in [5.74, 6) is 1.11. The van der Waals surface area contributed by atoms with Crippen LogP contribution in [0.4, 0.5) is 0 Å². The van der Waals surface area contributed by atoms with E-state index in [1.807, 2.05) is 4.68 Å². The van der Waals surface area contributed by atoms with Crippen molar-refractivity contribution >= 4 is 0 Å². The standard InChI is InChI=1S/C11H21N5/c1-10(2)16-11(13-9-14-16)3-6-15-7-4-12-5-8-15/h9-10,12H,3-8H2,1-2H3. The number of nitrogens with one attached hydrogen (secondary N) is 1. The highest BCUT2D eigenvalue weighted by Gasteiger charge is 2.12. The zero-order chi connectivity index (χ0) is 11.4. The second kappa shape index (κ2) is 5.41. The van der Waals surface area contributed by atoms with Crippen LogP contribution in [0.2, 0.25) is 0 Å². The van der Waals surface area contributed by atoms with Crippen LogP contribution in [0.5, 0.6) is 0 Å². The van der Waals surface area contributed by atoms with Gasteiger partial charge in [-0.2, -0.15) is 5.10 Å². The zero-order valence-corrected chi connectivity index (χ0v) is 10.2. The normalized spacial score (nSPS) is 18.2. The van der Waals surface area contributed by atoms with E-state index in [1.54, 1.807) is 6.33 Å². The smallest absolute Gasteiger partial charge is 0.138 e. The molecule has 16 heavy (non-hydrogen) atoms. The molecule has 0 atom stereocenters. The summed E-state index contributed by atoms with van der Waals surface area (Å²) >= 11 is 0. The number of aromatic nitrogens is 3. The van der Waals surface area contributed by atoms with Gasteiger partial charge in [0, 0.05) is 45.2 Å². The summed E-state index contributed by atoms with van der Waals surface area (Å²) in [6.45, 7) is 9.89. The van der Waals surface area contributed by atoms with E-state index in [1.165, 1.54) is 0 Å². The van der Waals surface area contributed by atoms with Crippen LogP contribution in [-0.4, -0.2) is 52.4 Å². The number of rotatable bonds is 4. The minimum atomic E-state index is 0.403. The van der Waals surface area contributed by atoms with Crippen LogP contribution in [-0.2, 0) is 6.42 Å². The van der Waals surface area contributed by atoms with Crippen molar-refractivity contribution in [2.75, 3.05) is 32.7 Å². The third-order valence-electron chi connectivity index (χ3n) is 3.00. The molecule has 1 saturated heterocycles. The van der Waals surface area contributed by atoms with Crippen LogP contribution in [0.1, 0.15) is 25.7 Å². The highest BCUT2D eigenvalue weighted by molar-refractivity contribution is 4.88. The van der Waals surface area contributed by atoms with Crippen LogP contribution in [0, 0.1) is 0 Å². The number of nitrogens with zero attached hydrogens (tertiary/aromatic N) is 4. The van der Waals surface area contributed by atoms with Gasteiger partial charge in [-0.1, -0.05) is 0 Å². The highest BCUT2D eigenvalue weighted by Crippen LogP contribution is 2.06. The summed E-state index contributed by atoms with van der Waals surface area (Å²) in [6.07, 6.45) is 2.66. The molecule has 2 heterocycles. The van der Waals surface area contributed by atoms with Crippen molar-refractivity contribution < 1.29 is 0 Å². The quantitative estimate of drug-likeness (QED) is 0.798. The Morgan fingerprint density at radius 3 is 2.81 bits per heavy atom. The molecular weight excluding hydrogens is 202 g/mol. The molecule has 0 saturated carbocycles. The van der Waals surface area contributed by atoms with Gasteiger partial charge in [0.15, 0.2) is 0 Å². The van der Waals surface area contributed by atoms with Gasteiger partial charge in [0.25, 0.3) is 0 Å². The first-order valence-electron chi connectivity index (χ1n) is 6.09. The van der Waals surface area contributed by atoms with E-state index in [4.69, 9.17) is 0 Å². The maximum Gasteiger partial charge on any atom is 0.138 e. The largest absolute Gasteiger partial charge is 0.314 e. The second-order valence-corrected chi connectivity index (χ2v) is 4.56. The van der Waals surface area contributed by atoms with Gasteiger partial charge in [0.05, 0.1) is 0 Å². The van der Waals surface area contributed by atoms with E-state index in [0.717, 1.165) is 45.0 Å². The zero-order valence-electron chi connectivity index (χ0n) is 10.2. The Balaban J connectivity index is 1.86. The first-order chi connectivity index (χ1) is 7.77. The molecule has 1 fully saturated rings. The van der Waals surface area contributed by atoms with Gasteiger partial charge in [-0.05, 0) is 13.8 Å². The van der Waals surface area contributed by atoms with Crippen molar-refractivity contribution in [3.05, 3.63) is 12.2 Å². The first-order valence-corrected chi connectivity index (χ1v) is 6.09. The molecule has 1 aromatic heterocycles. The maximum absolute atomic E-state index is 4.33. The van der Waals surface area contributed by atoms with Crippen LogP contribution < -0.4 is 5.32 Å². The van der Waals surface area contributed by atoms with Gasteiger partial charge < -0.3 is 10.2 Å². The average molecular weight is 223 g/mol. The number of hydrogen-bond donors (Lipinski definition) is 1. The Hall–Kier alpha value is -0.940. The molecule has 5 heteroatoms. The minimum Gasteiger partial charge on any atom is -0.314 e. The Morgan fingerprint density at radius 2 is 2.12 bits per heavy atom. The van der Waals surface area contributed by atoms with Gasteiger partial charge in [0.2, 0.25) is 0 Å². The molecule has 0 aliphatic carbocycles. The van der Waals surface area contributed by atoms with E-state index >= 15 is 0 Å². The molecule has 1 aliphatic rings. The average Bonchev–Trinajstić information content (AvgIpc) is 2.76. The van der Waals surface area contributed by atoms with E-state index in [9.17, 15) is 0 Å². The Bertz CT molecular complexity index is 314. The SMILES string of the molecule is CC(C)n1ncnc1CCN1CCNCC1. The molecule has 2 rings (SSSR count). The van der Waals surface area contributed by atoms with Gasteiger partial charge in [-0.3, -0.25) is 0 Å². The van der Waals surface area contributed by atoms with Crippen LogP contribution in [0.15, 0.2) is 6.33 Å². The van der Waals surface area contributed by atoms with E-state index < -0.39 is 0 Å². The fourth-order valence-corrected chi connectivity index (χ4v) is 2.08. The van der Waals surface area contributed by atoms with E-state index in [2.05, 4.69) is 34.1 Å². The van der Waals surface area contributed by atoms with Crippen molar-refractivity contribution in [3.63, 3.8) is 0 Å². The molecule has 0 amide bonds. The van der Waals surface area contributed by atoms with E-state index in [-0.39, 0.29) is 0 Å². The topological polar surface area (TPSA) is 46.0 Å². The van der Waals surface area contributed by atoms with Gasteiger partial charge >= 0.3 is 0 Å². The fourth-order valence-electron chi connectivity index (χ4n) is 2.08. The summed E-state index contributed by atoms with van der Waals surface area (Å²) in [6, 6.07) is 0.403. The number of piperazine rings is 1. The summed E-state index contributed by atoms with van der Waals surface area (Å²) < 4.78 is 2.02. The van der Waals surface area contributed by atoms with Gasteiger partial charge in [0.1, 0.15) is 12.2 Å². The van der Waals surface area contributed by atoms with Gasteiger partial charge in [-0.25, -0.2) is 9.67 Å². The Kier molecular flexibility index (Phi) is 3.90. The van der Waals surface area contributed by atoms with Crippen LogP contribution in [0.25, 0.3) is 0 Å². The molecule has 5 nitrogen and oxygen atoms in total. The molecule has 0 bridgehead atoms. The molecule has 1 aliphatic heterocycles. The lowest BCUT2D eigenvalue weighted by Crippen LogP contribution is -2.44. The minimum absolute atomic E-state index is 0.403. The van der Waals surface area contributed by atoms with Crippen molar-refractivity contribution in [1.29, 1.82) is 0 Å². The molecule has 0 spiro atoms. The molecular formula is C11H21N5. The van der Waals surface area contributed by atoms with E-state index in [0.29, 0.717) is 6.04 Å². The van der Waals surface area contributed by atoms with Crippen LogP contribution in [0.3, 0.4) is 0 Å². The molecule has 1 N–H and O–H groups in total. The Morgan fingerprint density at radius 1 is 1.38 bits per heavy atom. The predicted octanol–water partition coefficient (Wildman–Crippen LogP) is 0.307. The molecule has 0 unspecified atom stereocenters. The highest BCUT2D eigenvalue weighted by atomic mass is 15.3. The predicted molar refractivity (Wildman–Crippen MR) is 63.4 cm³/mol. The van der Waals surface area contributed by atoms with Crippen molar-refractivity contribution in [3.8, 4) is 0 Å². The van der Waals surface area contributed by atoms with Crippen molar-refractivity contribution in [2.24, 2.45) is 0 Å². The van der Waals surface area contributed by atoms with Crippen molar-refractivity contribution in [1.82, 2.24) is 25.0 Å². The van der Waals surface area contributed by atoms with Crippen LogP contribution >= 0.6 is 0 Å². The maximum atomic E-state index is 4.33. The lowest BCUT2D eigenvalue weighted by atomic mass is 10.3. The fraction of sp³-hybridized carbons (Fsp3) is 0.818. The third kappa shape index (κ3) is 2.80. The molecule has 0 aromatic carbocycles. The lowest BCUT2D eigenvalue weighted by Gasteiger charge is -2.27. The third-order valence-corrected chi connectivity index (χ3v) is 3.00. The molecule has 90 valence electrons. The summed E-state index contributed by atoms with van der Waals surface area (Å²) in [7, 11) is 0. The summed E-state index contributed by atoms with van der Waals surface area (Å²) in [5, 5.41) is 7.62. The lowest BCUT2D eigenvalue weighted by molar-refractivity contribution is 0.241. The van der Waals surface area contributed by atoms with Gasteiger partial charge in [-0.15, -0.1) is 0 Å². The first kappa shape index (κ1) is 11.5. The van der Waals surface area contributed by atoms with Crippen molar-refractivity contribution in [2.45, 2.75) is 26.3 Å². The molecule has 1 aromatic rings. The summed E-state index contributed by atoms with van der Waals surface area (Å²) in [4.78, 5) is 6.81. The molecule has 0 radical (unpaired) electrons. The monoisotopic (exact) mass is 223 g/mol.